The molecule has 1 radical (unpaired) electrons. The van der Waals surface area contributed by atoms with Gasteiger partial charge in [-0.15, -0.1) is 40.5 Å². The standard InChI is InChI=1S/C27H28NOSSi.C13H24O2.Ir/c1-16-24-23(29-26(16)31(5,6)7)20-12-13-28-22(25(20)30-24)18-14-17-10-8-9-11-19(17)21(15-18)27(2,3)4;1-5-10(6-2)12(14)9-13(15)11(7-3)8-4;/h8-13,15H,1-7H3;9-11,14H,5-8H2,1-4H3;/q-1;;/b;12-9-;. The molecular formula is C40H52IrNO3SSi-. The van der Waals surface area contributed by atoms with Crippen molar-refractivity contribution in [3.8, 4) is 11.3 Å². The number of aliphatic hydroxyl groups excluding tert-OH is 1. The summed E-state index contributed by atoms with van der Waals surface area (Å²) in [5.41, 5.74) is 5.74. The second-order valence-electron chi connectivity index (χ2n) is 14.5. The zero-order valence-corrected chi connectivity index (χ0v) is 34.3. The number of ketones is 1. The van der Waals surface area contributed by atoms with Crippen molar-refractivity contribution in [1.82, 2.24) is 4.98 Å². The minimum atomic E-state index is -1.53. The van der Waals surface area contributed by atoms with E-state index in [4.69, 9.17) is 9.40 Å². The van der Waals surface area contributed by atoms with Gasteiger partial charge >= 0.3 is 0 Å². The summed E-state index contributed by atoms with van der Waals surface area (Å²) in [4.78, 5) is 16.5. The maximum Gasteiger partial charge on any atom is 0.162 e. The van der Waals surface area contributed by atoms with Crippen molar-refractivity contribution in [3.05, 3.63) is 71.6 Å². The maximum atomic E-state index is 11.7. The third-order valence-corrected chi connectivity index (χ3v) is 12.2. The molecule has 0 saturated carbocycles. The minimum Gasteiger partial charge on any atom is -0.512 e. The monoisotopic (exact) mass is 847 g/mol. The van der Waals surface area contributed by atoms with E-state index in [0.717, 1.165) is 53.3 Å². The maximum absolute atomic E-state index is 11.7. The van der Waals surface area contributed by atoms with Gasteiger partial charge in [0.25, 0.3) is 0 Å². The Morgan fingerprint density at radius 2 is 1.60 bits per heavy atom. The molecule has 5 aromatic rings. The first kappa shape index (κ1) is 38.9. The Balaban J connectivity index is 0.000000322. The van der Waals surface area contributed by atoms with Gasteiger partial charge in [0.1, 0.15) is 8.07 Å². The van der Waals surface area contributed by atoms with Crippen LogP contribution in [0.1, 0.15) is 85.3 Å². The van der Waals surface area contributed by atoms with Crippen molar-refractivity contribution < 1.29 is 34.4 Å². The number of thiophene rings is 1. The molecule has 0 amide bonds. The molecule has 0 atom stereocenters. The van der Waals surface area contributed by atoms with Gasteiger partial charge in [-0.25, -0.2) is 0 Å². The van der Waals surface area contributed by atoms with Crippen LogP contribution in [-0.2, 0) is 30.3 Å². The number of nitrogens with zero attached hydrogens (tertiary/aromatic N) is 1. The van der Waals surface area contributed by atoms with Crippen LogP contribution in [0.5, 0.6) is 0 Å². The van der Waals surface area contributed by atoms with Crippen LogP contribution in [0.25, 0.3) is 42.4 Å². The van der Waals surface area contributed by atoms with Gasteiger partial charge in [-0.3, -0.25) is 9.78 Å². The fourth-order valence-corrected chi connectivity index (χ4v) is 9.27. The van der Waals surface area contributed by atoms with Crippen molar-refractivity contribution in [3.63, 3.8) is 0 Å². The van der Waals surface area contributed by atoms with Gasteiger partial charge < -0.3 is 9.52 Å². The fourth-order valence-electron chi connectivity index (χ4n) is 6.30. The Hall–Kier alpha value is -2.57. The molecule has 0 aliphatic heterocycles. The van der Waals surface area contributed by atoms with E-state index in [9.17, 15) is 9.90 Å². The molecule has 1 N–H and O–H groups in total. The average molecular weight is 847 g/mol. The second kappa shape index (κ2) is 15.8. The third kappa shape index (κ3) is 8.36. The van der Waals surface area contributed by atoms with Gasteiger partial charge in [-0.2, -0.15) is 0 Å². The molecule has 0 spiro atoms. The number of benzene rings is 2. The average Bonchev–Trinajstić information content (AvgIpc) is 3.54. The number of pyridine rings is 1. The topological polar surface area (TPSA) is 63.3 Å². The van der Waals surface area contributed by atoms with Gasteiger partial charge in [-0.05, 0) is 44.1 Å². The number of hydrogen-bond acceptors (Lipinski definition) is 5. The number of fused-ring (bicyclic) bond motifs is 4. The molecule has 0 bridgehead atoms. The molecule has 0 saturated heterocycles. The Morgan fingerprint density at radius 1 is 0.979 bits per heavy atom. The summed E-state index contributed by atoms with van der Waals surface area (Å²) in [7, 11) is -1.53. The molecule has 0 unspecified atom stereocenters. The number of hydrogen-bond donors (Lipinski definition) is 1. The van der Waals surface area contributed by atoms with Crippen LogP contribution in [0.15, 0.2) is 58.8 Å². The molecule has 7 heteroatoms. The Kier molecular flexibility index (Phi) is 13.0. The van der Waals surface area contributed by atoms with Crippen molar-refractivity contribution in [2.75, 3.05) is 0 Å². The fraction of sp³-hybridized carbons (Fsp3) is 0.450. The van der Waals surface area contributed by atoms with Crippen molar-refractivity contribution >= 4 is 61.7 Å². The third-order valence-electron chi connectivity index (χ3n) is 9.05. The molecule has 0 aliphatic carbocycles. The summed E-state index contributed by atoms with van der Waals surface area (Å²) in [6.07, 6.45) is 6.82. The molecule has 4 nitrogen and oxygen atoms in total. The van der Waals surface area contributed by atoms with E-state index in [2.05, 4.69) is 89.8 Å². The predicted octanol–water partition coefficient (Wildman–Crippen LogP) is 11.7. The SMILES string of the molecule is CCC(CC)C(=O)/C=C(\O)C(CC)CC.Cc1c([Si](C)(C)C)oc2c1sc1c(-c3[c-]c4ccccc4c(C(C)(C)C)c3)nccc12.[Ir]. The van der Waals surface area contributed by atoms with Gasteiger partial charge in [-0.1, -0.05) is 97.3 Å². The van der Waals surface area contributed by atoms with E-state index in [1.54, 1.807) is 0 Å². The first-order valence-electron chi connectivity index (χ1n) is 16.9. The largest absolute Gasteiger partial charge is 0.512 e. The van der Waals surface area contributed by atoms with E-state index in [1.165, 1.54) is 37.4 Å². The summed E-state index contributed by atoms with van der Waals surface area (Å²) in [5, 5.41) is 14.5. The number of rotatable bonds is 9. The first-order valence-corrected chi connectivity index (χ1v) is 21.2. The van der Waals surface area contributed by atoms with Gasteiger partial charge in [0.15, 0.2) is 11.4 Å². The van der Waals surface area contributed by atoms with E-state index >= 15 is 0 Å². The summed E-state index contributed by atoms with van der Waals surface area (Å²) in [6.45, 7) is 24.1. The summed E-state index contributed by atoms with van der Waals surface area (Å²) in [5.74, 6) is 0.547. The molecule has 0 fully saturated rings. The molecule has 255 valence electrons. The zero-order chi connectivity index (χ0) is 34.0. The van der Waals surface area contributed by atoms with Gasteiger partial charge in [0.05, 0.1) is 15.8 Å². The number of furan rings is 1. The Labute approximate surface area is 300 Å². The molecule has 0 aliphatic rings. The number of aliphatic hydroxyl groups is 1. The van der Waals surface area contributed by atoms with Crippen LogP contribution in [0, 0.1) is 24.8 Å². The first-order chi connectivity index (χ1) is 21.7. The molecule has 3 aromatic heterocycles. The number of carbonyl (C=O) groups excluding carboxylic acids is 1. The number of aromatic nitrogens is 1. The van der Waals surface area contributed by atoms with Crippen LogP contribution in [0.4, 0.5) is 0 Å². The van der Waals surface area contributed by atoms with Crippen LogP contribution in [0.2, 0.25) is 19.6 Å². The van der Waals surface area contributed by atoms with Crippen LogP contribution >= 0.6 is 11.3 Å². The van der Waals surface area contributed by atoms with Crippen molar-refractivity contribution in [1.29, 1.82) is 0 Å². The Bertz CT molecular complexity index is 1860. The summed E-state index contributed by atoms with van der Waals surface area (Å²) in [6, 6.07) is 16.6. The van der Waals surface area contributed by atoms with Crippen LogP contribution in [0.3, 0.4) is 0 Å². The van der Waals surface area contributed by atoms with Gasteiger partial charge in [0.2, 0.25) is 0 Å². The van der Waals surface area contributed by atoms with E-state index in [1.807, 2.05) is 45.2 Å². The van der Waals surface area contributed by atoms with Crippen molar-refractivity contribution in [2.24, 2.45) is 11.8 Å². The molecule has 3 heterocycles. The molecule has 5 rings (SSSR count). The quantitative estimate of drug-likeness (QED) is 0.0695. The Morgan fingerprint density at radius 3 is 2.17 bits per heavy atom. The van der Waals surface area contributed by atoms with Crippen LogP contribution in [-0.4, -0.2) is 23.9 Å². The van der Waals surface area contributed by atoms with Crippen molar-refractivity contribution in [2.45, 2.75) is 106 Å². The predicted molar refractivity (Wildman–Crippen MR) is 201 cm³/mol. The number of aryl methyl sites for hydroxylation is 1. The molecule has 2 aromatic carbocycles. The van der Waals surface area contributed by atoms with E-state index < -0.39 is 8.07 Å². The number of allylic oxidation sites excluding steroid dienone is 2. The van der Waals surface area contributed by atoms with Gasteiger partial charge in [0, 0.05) is 65.6 Å². The zero-order valence-electron chi connectivity index (χ0n) is 30.1. The summed E-state index contributed by atoms with van der Waals surface area (Å²) < 4.78 is 8.94. The molecule has 47 heavy (non-hydrogen) atoms. The van der Waals surface area contributed by atoms with E-state index in [0.29, 0.717) is 0 Å². The van der Waals surface area contributed by atoms with E-state index in [-0.39, 0.29) is 48.9 Å². The molecular weight excluding hydrogens is 795 g/mol. The second-order valence-corrected chi connectivity index (χ2v) is 20.5. The van der Waals surface area contributed by atoms with Crippen LogP contribution < -0.4 is 5.38 Å². The smallest absolute Gasteiger partial charge is 0.162 e. The normalized spacial score (nSPS) is 12.6. The minimum absolute atomic E-state index is 0. The number of carbonyl (C=O) groups is 1. The summed E-state index contributed by atoms with van der Waals surface area (Å²) >= 11 is 1.81.